The van der Waals surface area contributed by atoms with Crippen LogP contribution in [0, 0.1) is 0 Å². The number of aromatic nitrogens is 1. The van der Waals surface area contributed by atoms with Gasteiger partial charge in [0, 0.05) is 21.7 Å². The minimum absolute atomic E-state index is 1.21. The molecule has 0 fully saturated rings. The molecule has 1 nitrogen and oxygen atoms in total. The first-order valence-corrected chi connectivity index (χ1v) is 7.64. The van der Waals surface area contributed by atoms with Gasteiger partial charge < -0.3 is 4.98 Å². The molecule has 0 aliphatic carbocycles. The van der Waals surface area contributed by atoms with E-state index in [-0.39, 0.29) is 0 Å². The molecule has 22 heavy (non-hydrogen) atoms. The summed E-state index contributed by atoms with van der Waals surface area (Å²) in [5.74, 6) is 0. The van der Waals surface area contributed by atoms with Gasteiger partial charge in [-0.05, 0) is 22.2 Å². The molecule has 5 aromatic rings. The Kier molecular flexibility index (Phi) is 2.23. The molecule has 0 amide bonds. The van der Waals surface area contributed by atoms with Crippen molar-refractivity contribution in [3.63, 3.8) is 0 Å². The van der Waals surface area contributed by atoms with Crippen LogP contribution in [0.4, 0.5) is 0 Å². The molecular weight excluding hydrogens is 265 g/mol. The number of rotatable bonds is 0. The third-order valence-corrected chi connectivity index (χ3v) is 4.64. The average Bonchev–Trinajstić information content (AvgIpc) is 2.94. The quantitative estimate of drug-likeness (QED) is 0.327. The number of nitrogens with one attached hydrogen (secondary N) is 1. The highest BCUT2D eigenvalue weighted by molar-refractivity contribution is 6.36. The highest BCUT2D eigenvalue weighted by Gasteiger charge is 2.12. The fourth-order valence-electron chi connectivity index (χ4n) is 3.66. The predicted molar refractivity (Wildman–Crippen MR) is 99.0 cm³/mol. The lowest BCUT2D eigenvalue weighted by Gasteiger charge is -2.07. The van der Waals surface area contributed by atoms with Crippen molar-refractivity contribution in [3.8, 4) is 0 Å². The molecular formula is C20H14BN. The first-order chi connectivity index (χ1) is 10.8. The Morgan fingerprint density at radius 2 is 1.27 bits per heavy atom. The van der Waals surface area contributed by atoms with Crippen LogP contribution >= 0.6 is 0 Å². The van der Waals surface area contributed by atoms with Crippen molar-refractivity contribution in [2.24, 2.45) is 0 Å². The van der Waals surface area contributed by atoms with Gasteiger partial charge in [-0.25, -0.2) is 0 Å². The average molecular weight is 279 g/mol. The monoisotopic (exact) mass is 279 g/mol. The van der Waals surface area contributed by atoms with Gasteiger partial charge in [0.15, 0.2) is 0 Å². The molecule has 0 bridgehead atoms. The summed E-state index contributed by atoms with van der Waals surface area (Å²) in [6.45, 7) is 0. The van der Waals surface area contributed by atoms with Gasteiger partial charge in [0.1, 0.15) is 7.85 Å². The Morgan fingerprint density at radius 1 is 0.636 bits per heavy atom. The highest BCUT2D eigenvalue weighted by atomic mass is 14.7. The zero-order valence-electron chi connectivity index (χ0n) is 12.4. The fraction of sp³-hybridized carbons (Fsp3) is 0. The SMILES string of the molecule is Bc1ccc2[nH]c3c4ccccc4c4ccccc4c3c2c1. The van der Waals surface area contributed by atoms with Gasteiger partial charge in [0.25, 0.3) is 0 Å². The Bertz CT molecular complexity index is 1180. The molecule has 0 aliphatic rings. The predicted octanol–water partition coefficient (Wildman–Crippen LogP) is 3.89. The van der Waals surface area contributed by atoms with Crippen LogP contribution in [0.1, 0.15) is 0 Å². The molecule has 0 radical (unpaired) electrons. The molecule has 0 atom stereocenters. The van der Waals surface area contributed by atoms with Crippen LogP contribution in [0.25, 0.3) is 43.4 Å². The van der Waals surface area contributed by atoms with Gasteiger partial charge in [0.05, 0.1) is 5.52 Å². The zero-order chi connectivity index (χ0) is 14.7. The van der Waals surface area contributed by atoms with Crippen molar-refractivity contribution in [2.75, 3.05) is 0 Å². The van der Waals surface area contributed by atoms with Crippen molar-refractivity contribution in [1.29, 1.82) is 0 Å². The summed E-state index contributed by atoms with van der Waals surface area (Å²) in [4.78, 5) is 3.64. The number of H-pyrrole nitrogens is 1. The van der Waals surface area contributed by atoms with Gasteiger partial charge in [-0.1, -0.05) is 66.1 Å². The third kappa shape index (κ3) is 1.44. The largest absolute Gasteiger partial charge is 0.354 e. The molecule has 0 spiro atoms. The maximum absolute atomic E-state index is 3.64. The second kappa shape index (κ2) is 4.14. The van der Waals surface area contributed by atoms with Crippen LogP contribution in [0.3, 0.4) is 0 Å². The summed E-state index contributed by atoms with van der Waals surface area (Å²) >= 11 is 0. The number of fused-ring (bicyclic) bond motifs is 8. The van der Waals surface area contributed by atoms with Gasteiger partial charge in [0.2, 0.25) is 0 Å². The van der Waals surface area contributed by atoms with Gasteiger partial charge in [-0.2, -0.15) is 0 Å². The normalized spacial score (nSPS) is 11.8. The van der Waals surface area contributed by atoms with E-state index in [1.807, 2.05) is 0 Å². The molecule has 0 unspecified atom stereocenters. The molecule has 102 valence electrons. The smallest absolute Gasteiger partial charge is 0.139 e. The van der Waals surface area contributed by atoms with Gasteiger partial charge in [-0.15, -0.1) is 0 Å². The lowest BCUT2D eigenvalue weighted by atomic mass is 9.92. The molecule has 1 N–H and O–H groups in total. The third-order valence-electron chi connectivity index (χ3n) is 4.64. The van der Waals surface area contributed by atoms with E-state index in [0.29, 0.717) is 0 Å². The van der Waals surface area contributed by atoms with Crippen LogP contribution in [0.15, 0.2) is 66.7 Å². The minimum Gasteiger partial charge on any atom is -0.354 e. The fourth-order valence-corrected chi connectivity index (χ4v) is 3.66. The van der Waals surface area contributed by atoms with E-state index >= 15 is 0 Å². The topological polar surface area (TPSA) is 15.8 Å². The molecule has 2 heteroatoms. The van der Waals surface area contributed by atoms with Gasteiger partial charge in [-0.3, -0.25) is 0 Å². The lowest BCUT2D eigenvalue weighted by Crippen LogP contribution is -1.98. The molecule has 1 heterocycles. The summed E-state index contributed by atoms with van der Waals surface area (Å²) in [5, 5.41) is 7.92. The second-order valence-electron chi connectivity index (χ2n) is 6.02. The van der Waals surface area contributed by atoms with Crippen LogP contribution in [0.5, 0.6) is 0 Å². The van der Waals surface area contributed by atoms with Crippen LogP contribution in [0.2, 0.25) is 0 Å². The molecule has 4 aromatic carbocycles. The maximum Gasteiger partial charge on any atom is 0.139 e. The summed E-state index contributed by atoms with van der Waals surface area (Å²) < 4.78 is 0. The summed E-state index contributed by atoms with van der Waals surface area (Å²) in [6.07, 6.45) is 0. The Morgan fingerprint density at radius 3 is 2.05 bits per heavy atom. The van der Waals surface area contributed by atoms with Crippen LogP contribution < -0.4 is 5.46 Å². The van der Waals surface area contributed by atoms with E-state index in [2.05, 4.69) is 79.6 Å². The first kappa shape index (κ1) is 11.9. The second-order valence-corrected chi connectivity index (χ2v) is 6.02. The summed E-state index contributed by atoms with van der Waals surface area (Å²) in [7, 11) is 2.15. The van der Waals surface area contributed by atoms with Crippen molar-refractivity contribution in [3.05, 3.63) is 66.7 Å². The number of benzene rings is 4. The number of hydrogen-bond donors (Lipinski definition) is 1. The molecule has 1 aromatic heterocycles. The van der Waals surface area contributed by atoms with E-state index < -0.39 is 0 Å². The highest BCUT2D eigenvalue weighted by Crippen LogP contribution is 2.38. The number of aromatic amines is 1. The van der Waals surface area contributed by atoms with E-state index in [0.717, 1.165) is 0 Å². The molecule has 0 aliphatic heterocycles. The van der Waals surface area contributed by atoms with Crippen molar-refractivity contribution in [1.82, 2.24) is 4.98 Å². The zero-order valence-corrected chi connectivity index (χ0v) is 12.4. The van der Waals surface area contributed by atoms with E-state index in [1.54, 1.807) is 0 Å². The molecule has 5 rings (SSSR count). The maximum atomic E-state index is 3.64. The van der Waals surface area contributed by atoms with Crippen LogP contribution in [-0.4, -0.2) is 12.8 Å². The minimum atomic E-state index is 1.21. The first-order valence-electron chi connectivity index (χ1n) is 7.64. The van der Waals surface area contributed by atoms with Crippen LogP contribution in [-0.2, 0) is 0 Å². The Hall–Kier alpha value is -2.74. The van der Waals surface area contributed by atoms with Crippen molar-refractivity contribution >= 4 is 56.7 Å². The van der Waals surface area contributed by atoms with E-state index in [9.17, 15) is 0 Å². The Labute approximate surface area is 129 Å². The van der Waals surface area contributed by atoms with Crippen molar-refractivity contribution in [2.45, 2.75) is 0 Å². The van der Waals surface area contributed by atoms with Crippen molar-refractivity contribution < 1.29 is 0 Å². The van der Waals surface area contributed by atoms with E-state index in [1.165, 1.54) is 48.8 Å². The van der Waals surface area contributed by atoms with Gasteiger partial charge >= 0.3 is 0 Å². The molecule has 0 saturated carbocycles. The lowest BCUT2D eigenvalue weighted by molar-refractivity contribution is 1.57. The summed E-state index contributed by atoms with van der Waals surface area (Å²) in [6, 6.07) is 24.0. The Balaban J connectivity index is 2.22. The van der Waals surface area contributed by atoms with E-state index in [4.69, 9.17) is 0 Å². The number of hydrogen-bond acceptors (Lipinski definition) is 0. The standard InChI is InChI=1S/C20H14BN/c21-12-9-10-18-17(11-12)19-15-7-3-1-5-13(15)14-6-2-4-8-16(14)20(19)22-18/h1-11,22H,21H2. The summed E-state index contributed by atoms with van der Waals surface area (Å²) in [5.41, 5.74) is 3.75. The molecule has 0 saturated heterocycles.